The first-order valence-electron chi connectivity index (χ1n) is 10.7. The highest BCUT2D eigenvalue weighted by atomic mass is 32.2. The Morgan fingerprint density at radius 1 is 0.897 bits per heavy atom. The molecule has 0 aromatic heterocycles. The summed E-state index contributed by atoms with van der Waals surface area (Å²) in [5, 5.41) is 3.34. The quantitative estimate of drug-likeness (QED) is 0.468. The average molecular weight is 441 g/mol. The highest BCUT2D eigenvalue weighted by Crippen LogP contribution is 2.40. The van der Waals surface area contributed by atoms with E-state index in [9.17, 15) is 0 Å². The van der Waals surface area contributed by atoms with E-state index in [1.165, 1.54) is 16.4 Å². The van der Waals surface area contributed by atoms with Crippen LogP contribution in [-0.2, 0) is 4.43 Å². The van der Waals surface area contributed by atoms with Gasteiger partial charge in [0.15, 0.2) is 0 Å². The molecule has 1 aliphatic heterocycles. The van der Waals surface area contributed by atoms with Crippen molar-refractivity contribution in [2.24, 2.45) is 0 Å². The first-order chi connectivity index (χ1) is 13.6. The first kappa shape index (κ1) is 22.6. The fourth-order valence-corrected chi connectivity index (χ4v) is 12.8. The van der Waals surface area contributed by atoms with Crippen LogP contribution in [0.5, 0.6) is 0 Å². The molecule has 1 heterocycles. The van der Waals surface area contributed by atoms with Crippen LogP contribution in [0, 0.1) is 0 Å². The molecule has 0 bridgehead atoms. The Labute approximate surface area is 184 Å². The van der Waals surface area contributed by atoms with Crippen LogP contribution in [0.4, 0.5) is 0 Å². The summed E-state index contributed by atoms with van der Waals surface area (Å²) < 4.78 is 7.12. The van der Waals surface area contributed by atoms with Crippen LogP contribution in [0.25, 0.3) is 0 Å². The summed E-state index contributed by atoms with van der Waals surface area (Å²) in [4.78, 5) is 1.60. The van der Waals surface area contributed by atoms with Crippen LogP contribution in [0.1, 0.15) is 27.2 Å². The van der Waals surface area contributed by atoms with Crippen molar-refractivity contribution in [3.63, 3.8) is 0 Å². The standard InChI is InChI=1S/C25H36OSSi2/c1-25(2,3)29(23-13-9-7-10-14-23,24-15-11-8-12-16-24)26-19-21-17-18-22(27-21)20-28(4,5)6/h7-16,18,21H,17,19-20H2,1-6H3/t21-/m0/s1. The molecule has 0 amide bonds. The van der Waals surface area contributed by atoms with Gasteiger partial charge in [-0.15, -0.1) is 11.8 Å². The Morgan fingerprint density at radius 2 is 1.41 bits per heavy atom. The molecule has 1 nitrogen and oxygen atoms in total. The van der Waals surface area contributed by atoms with Gasteiger partial charge in [0, 0.05) is 19.9 Å². The van der Waals surface area contributed by atoms with E-state index in [1.807, 2.05) is 0 Å². The van der Waals surface area contributed by atoms with Gasteiger partial charge in [-0.2, -0.15) is 0 Å². The zero-order chi connectivity index (χ0) is 21.1. The number of hydrogen-bond acceptors (Lipinski definition) is 2. The number of thioether (sulfide) groups is 1. The molecule has 0 unspecified atom stereocenters. The van der Waals surface area contributed by atoms with E-state index in [2.05, 4.69) is 119 Å². The minimum absolute atomic E-state index is 0.0492. The fraction of sp³-hybridized carbons (Fsp3) is 0.440. The van der Waals surface area contributed by atoms with E-state index in [0.29, 0.717) is 5.25 Å². The summed E-state index contributed by atoms with van der Waals surface area (Å²) in [7, 11) is -3.48. The third kappa shape index (κ3) is 5.35. The normalized spacial score (nSPS) is 18.0. The lowest BCUT2D eigenvalue weighted by Gasteiger charge is -2.43. The van der Waals surface area contributed by atoms with Crippen molar-refractivity contribution in [1.82, 2.24) is 0 Å². The number of allylic oxidation sites excluding steroid dienone is 2. The smallest absolute Gasteiger partial charge is 0.261 e. The summed E-state index contributed by atoms with van der Waals surface area (Å²) in [5.74, 6) is 0. The van der Waals surface area contributed by atoms with E-state index < -0.39 is 16.4 Å². The van der Waals surface area contributed by atoms with E-state index >= 15 is 0 Å². The number of hydrogen-bond donors (Lipinski definition) is 0. The SMILES string of the molecule is CC(C)(C)[Si](OC[C@@H]1CC=C(C[Si](C)(C)C)S1)(c1ccccc1)c1ccccc1. The largest absolute Gasteiger partial charge is 0.406 e. The summed E-state index contributed by atoms with van der Waals surface area (Å²) in [6.07, 6.45) is 3.62. The van der Waals surface area contributed by atoms with Gasteiger partial charge in [0.25, 0.3) is 8.32 Å². The zero-order valence-electron chi connectivity index (χ0n) is 18.9. The van der Waals surface area contributed by atoms with Crippen molar-refractivity contribution in [3.05, 3.63) is 71.6 Å². The Morgan fingerprint density at radius 3 is 1.86 bits per heavy atom. The number of rotatable bonds is 7. The molecule has 29 heavy (non-hydrogen) atoms. The van der Waals surface area contributed by atoms with Crippen LogP contribution in [0.3, 0.4) is 0 Å². The molecule has 2 aromatic rings. The van der Waals surface area contributed by atoms with Crippen molar-refractivity contribution >= 4 is 38.5 Å². The summed E-state index contributed by atoms with van der Waals surface area (Å²) in [6.45, 7) is 15.3. The monoisotopic (exact) mass is 440 g/mol. The van der Waals surface area contributed by atoms with Crippen LogP contribution in [-0.4, -0.2) is 28.2 Å². The van der Waals surface area contributed by atoms with Crippen molar-refractivity contribution < 1.29 is 4.43 Å². The van der Waals surface area contributed by atoms with Crippen LogP contribution in [0.15, 0.2) is 71.6 Å². The molecule has 2 aromatic carbocycles. The molecular weight excluding hydrogens is 405 g/mol. The molecule has 0 radical (unpaired) electrons. The predicted octanol–water partition coefficient (Wildman–Crippen LogP) is 6.29. The fourth-order valence-electron chi connectivity index (χ4n) is 4.29. The van der Waals surface area contributed by atoms with Gasteiger partial charge in [0.2, 0.25) is 0 Å². The molecule has 156 valence electrons. The summed E-state index contributed by atoms with van der Waals surface area (Å²) in [6, 6.07) is 23.3. The summed E-state index contributed by atoms with van der Waals surface area (Å²) >= 11 is 2.07. The highest BCUT2D eigenvalue weighted by Gasteiger charge is 2.50. The summed E-state index contributed by atoms with van der Waals surface area (Å²) in [5.41, 5.74) is 0. The third-order valence-corrected chi connectivity index (χ3v) is 13.5. The second kappa shape index (κ2) is 8.97. The lowest BCUT2D eigenvalue weighted by atomic mass is 10.2. The highest BCUT2D eigenvalue weighted by molar-refractivity contribution is 8.04. The molecule has 0 saturated carbocycles. The Bertz CT molecular complexity index is 780. The van der Waals surface area contributed by atoms with E-state index in [0.717, 1.165) is 13.0 Å². The minimum atomic E-state index is -2.41. The predicted molar refractivity (Wildman–Crippen MR) is 136 cm³/mol. The van der Waals surface area contributed by atoms with Gasteiger partial charge in [-0.05, 0) is 32.8 Å². The molecular formula is C25H36OSSi2. The van der Waals surface area contributed by atoms with E-state index in [-0.39, 0.29) is 5.04 Å². The maximum atomic E-state index is 7.12. The molecule has 0 N–H and O–H groups in total. The second-order valence-electron chi connectivity index (χ2n) is 10.4. The molecule has 1 atom stereocenters. The van der Waals surface area contributed by atoms with Gasteiger partial charge in [-0.1, -0.05) is 107 Å². The lowest BCUT2D eigenvalue weighted by molar-refractivity contribution is 0.298. The molecule has 0 fully saturated rings. The van der Waals surface area contributed by atoms with Gasteiger partial charge in [-0.3, -0.25) is 0 Å². The Balaban J connectivity index is 1.88. The topological polar surface area (TPSA) is 9.23 Å². The molecule has 1 aliphatic rings. The van der Waals surface area contributed by atoms with Gasteiger partial charge in [0.05, 0.1) is 0 Å². The van der Waals surface area contributed by atoms with Gasteiger partial charge in [0.1, 0.15) is 0 Å². The van der Waals surface area contributed by atoms with Crippen LogP contribution in [0.2, 0.25) is 30.7 Å². The second-order valence-corrected chi connectivity index (χ2v) is 21.6. The van der Waals surface area contributed by atoms with Crippen molar-refractivity contribution in [2.75, 3.05) is 6.61 Å². The van der Waals surface area contributed by atoms with Crippen molar-refractivity contribution in [3.8, 4) is 0 Å². The molecule has 0 aliphatic carbocycles. The van der Waals surface area contributed by atoms with Gasteiger partial charge in [-0.25, -0.2) is 0 Å². The first-order valence-corrected chi connectivity index (χ1v) is 17.2. The Kier molecular flexibility index (Phi) is 6.99. The van der Waals surface area contributed by atoms with Crippen LogP contribution < -0.4 is 10.4 Å². The Hall–Kier alpha value is -1.08. The molecule has 3 rings (SSSR count). The molecule has 0 saturated heterocycles. The van der Waals surface area contributed by atoms with Crippen LogP contribution >= 0.6 is 11.8 Å². The van der Waals surface area contributed by atoms with E-state index in [4.69, 9.17) is 4.43 Å². The van der Waals surface area contributed by atoms with Crippen molar-refractivity contribution in [2.45, 2.75) is 63.2 Å². The zero-order valence-corrected chi connectivity index (χ0v) is 21.7. The molecule has 0 spiro atoms. The van der Waals surface area contributed by atoms with Gasteiger partial charge < -0.3 is 4.43 Å². The third-order valence-electron chi connectivity index (χ3n) is 5.53. The molecule has 4 heteroatoms. The average Bonchev–Trinajstić information content (AvgIpc) is 3.08. The maximum absolute atomic E-state index is 7.12. The lowest BCUT2D eigenvalue weighted by Crippen LogP contribution is -2.67. The minimum Gasteiger partial charge on any atom is -0.406 e. The van der Waals surface area contributed by atoms with E-state index in [1.54, 1.807) is 4.91 Å². The van der Waals surface area contributed by atoms with Crippen molar-refractivity contribution in [1.29, 1.82) is 0 Å². The van der Waals surface area contributed by atoms with Gasteiger partial charge >= 0.3 is 0 Å². The maximum Gasteiger partial charge on any atom is 0.261 e. The number of benzene rings is 2.